The van der Waals surface area contributed by atoms with Crippen molar-refractivity contribution in [3.8, 4) is 0 Å². The molecule has 74 valence electrons. The van der Waals surface area contributed by atoms with Crippen molar-refractivity contribution in [2.45, 2.75) is 12.8 Å². The van der Waals surface area contributed by atoms with Crippen LogP contribution in [-0.2, 0) is 19.1 Å². The number of halogens is 1. The molecular weight excluding hydrogens is 196 g/mol. The van der Waals surface area contributed by atoms with Crippen molar-refractivity contribution in [1.29, 1.82) is 0 Å². The van der Waals surface area contributed by atoms with E-state index in [1.54, 1.807) is 0 Å². The lowest BCUT2D eigenvalue weighted by Crippen LogP contribution is -2.05. The number of esters is 1. The normalized spacial score (nSPS) is 9.00. The molecule has 0 spiro atoms. The van der Waals surface area contributed by atoms with E-state index in [1.807, 2.05) is 0 Å². The standard InChI is InChI=1S/C8H11ClO4/c1-7(9)8(11)13-5-3-2-4-12-6-10/h6H,1-5H2. The van der Waals surface area contributed by atoms with Gasteiger partial charge in [-0.25, -0.2) is 4.79 Å². The molecule has 0 radical (unpaired) electrons. The molecular formula is C8H11ClO4. The van der Waals surface area contributed by atoms with Crippen LogP contribution in [0, 0.1) is 0 Å². The first-order valence-electron chi connectivity index (χ1n) is 3.75. The first-order chi connectivity index (χ1) is 6.18. The van der Waals surface area contributed by atoms with Crippen LogP contribution >= 0.6 is 11.6 Å². The number of ether oxygens (including phenoxy) is 2. The van der Waals surface area contributed by atoms with E-state index in [1.165, 1.54) is 0 Å². The van der Waals surface area contributed by atoms with Crippen molar-refractivity contribution in [1.82, 2.24) is 0 Å². The van der Waals surface area contributed by atoms with E-state index in [2.05, 4.69) is 16.1 Å². The van der Waals surface area contributed by atoms with Crippen LogP contribution in [0.1, 0.15) is 12.8 Å². The zero-order valence-electron chi connectivity index (χ0n) is 7.12. The summed E-state index contributed by atoms with van der Waals surface area (Å²) in [5.41, 5.74) is 0. The lowest BCUT2D eigenvalue weighted by molar-refractivity contribution is -0.138. The Balaban J connectivity index is 3.21. The van der Waals surface area contributed by atoms with Crippen molar-refractivity contribution in [2.75, 3.05) is 13.2 Å². The van der Waals surface area contributed by atoms with E-state index in [-0.39, 0.29) is 11.6 Å². The van der Waals surface area contributed by atoms with Crippen molar-refractivity contribution in [2.24, 2.45) is 0 Å². The Morgan fingerprint density at radius 1 is 1.38 bits per heavy atom. The van der Waals surface area contributed by atoms with Crippen molar-refractivity contribution in [3.05, 3.63) is 11.6 Å². The maximum Gasteiger partial charge on any atom is 0.349 e. The van der Waals surface area contributed by atoms with E-state index in [0.717, 1.165) is 0 Å². The van der Waals surface area contributed by atoms with Gasteiger partial charge in [-0.3, -0.25) is 4.79 Å². The van der Waals surface area contributed by atoms with Gasteiger partial charge in [0, 0.05) is 0 Å². The van der Waals surface area contributed by atoms with Gasteiger partial charge in [-0.15, -0.1) is 0 Å². The fourth-order valence-corrected chi connectivity index (χ4v) is 0.633. The largest absolute Gasteiger partial charge is 0.468 e. The van der Waals surface area contributed by atoms with Gasteiger partial charge in [0.25, 0.3) is 6.47 Å². The topological polar surface area (TPSA) is 52.6 Å². The maximum absolute atomic E-state index is 10.7. The number of carbonyl (C=O) groups excluding carboxylic acids is 2. The maximum atomic E-state index is 10.7. The summed E-state index contributed by atoms with van der Waals surface area (Å²) in [5, 5.41) is -0.135. The fourth-order valence-electron chi connectivity index (χ4n) is 0.579. The van der Waals surface area contributed by atoms with Crippen molar-refractivity contribution in [3.63, 3.8) is 0 Å². The summed E-state index contributed by atoms with van der Waals surface area (Å²) < 4.78 is 9.09. The summed E-state index contributed by atoms with van der Waals surface area (Å²) >= 11 is 5.25. The van der Waals surface area contributed by atoms with E-state index in [4.69, 9.17) is 11.6 Å². The second-order valence-electron chi connectivity index (χ2n) is 2.21. The smallest absolute Gasteiger partial charge is 0.349 e. The average molecular weight is 207 g/mol. The summed E-state index contributed by atoms with van der Waals surface area (Å²) in [7, 11) is 0. The minimum absolute atomic E-state index is 0.135. The Labute approximate surface area is 81.5 Å². The molecule has 0 rings (SSSR count). The van der Waals surface area contributed by atoms with Crippen LogP contribution in [0.4, 0.5) is 0 Å². The van der Waals surface area contributed by atoms with Crippen LogP contribution < -0.4 is 0 Å². The van der Waals surface area contributed by atoms with E-state index >= 15 is 0 Å². The van der Waals surface area contributed by atoms with Crippen LogP contribution in [-0.4, -0.2) is 25.7 Å². The van der Waals surface area contributed by atoms with Crippen molar-refractivity contribution < 1.29 is 19.1 Å². The average Bonchev–Trinajstić information content (AvgIpc) is 2.10. The Kier molecular flexibility index (Phi) is 7.01. The third kappa shape index (κ3) is 7.33. The van der Waals surface area contributed by atoms with Gasteiger partial charge in [0.15, 0.2) is 0 Å². The molecule has 0 aromatic carbocycles. The van der Waals surface area contributed by atoms with Gasteiger partial charge in [-0.05, 0) is 12.8 Å². The predicted molar refractivity (Wildman–Crippen MR) is 47.2 cm³/mol. The van der Waals surface area contributed by atoms with Gasteiger partial charge in [-0.1, -0.05) is 18.2 Å². The summed E-state index contributed by atoms with van der Waals surface area (Å²) in [6.45, 7) is 4.18. The highest BCUT2D eigenvalue weighted by atomic mass is 35.5. The summed E-state index contributed by atoms with van der Waals surface area (Å²) in [5.74, 6) is -0.613. The second kappa shape index (κ2) is 7.61. The van der Waals surface area contributed by atoms with Gasteiger partial charge in [-0.2, -0.15) is 0 Å². The molecule has 0 bridgehead atoms. The predicted octanol–water partition coefficient (Wildman–Crippen LogP) is 1.24. The number of carbonyl (C=O) groups is 2. The summed E-state index contributed by atoms with van der Waals surface area (Å²) in [6.07, 6.45) is 1.28. The fraction of sp³-hybridized carbons (Fsp3) is 0.500. The molecule has 4 nitrogen and oxygen atoms in total. The quantitative estimate of drug-likeness (QED) is 0.272. The highest BCUT2D eigenvalue weighted by Crippen LogP contribution is 2.00. The van der Waals surface area contributed by atoms with Crippen LogP contribution in [0.25, 0.3) is 0 Å². The first-order valence-corrected chi connectivity index (χ1v) is 4.13. The monoisotopic (exact) mass is 206 g/mol. The zero-order valence-corrected chi connectivity index (χ0v) is 7.88. The first kappa shape index (κ1) is 12.0. The molecule has 0 saturated heterocycles. The van der Waals surface area contributed by atoms with Gasteiger partial charge < -0.3 is 9.47 Å². The number of unbranched alkanes of at least 4 members (excludes halogenated alkanes) is 1. The SMILES string of the molecule is C=C(Cl)C(=O)OCCCCOC=O. The minimum atomic E-state index is -0.613. The van der Waals surface area contributed by atoms with E-state index < -0.39 is 5.97 Å². The molecule has 0 aromatic heterocycles. The zero-order chi connectivity index (χ0) is 10.1. The Hall–Kier alpha value is -1.03. The highest BCUT2D eigenvalue weighted by molar-refractivity contribution is 6.40. The highest BCUT2D eigenvalue weighted by Gasteiger charge is 2.03. The third-order valence-electron chi connectivity index (χ3n) is 1.18. The molecule has 0 saturated carbocycles. The molecule has 5 heteroatoms. The Morgan fingerprint density at radius 2 is 2.00 bits per heavy atom. The van der Waals surface area contributed by atoms with Crippen LogP contribution in [0.15, 0.2) is 11.6 Å². The number of hydrogen-bond donors (Lipinski definition) is 0. The molecule has 0 fully saturated rings. The molecule has 0 N–H and O–H groups in total. The molecule has 0 unspecified atom stereocenters. The number of hydrogen-bond acceptors (Lipinski definition) is 4. The van der Waals surface area contributed by atoms with Gasteiger partial charge >= 0.3 is 5.97 Å². The number of rotatable bonds is 7. The lowest BCUT2D eigenvalue weighted by Gasteiger charge is -2.02. The second-order valence-corrected chi connectivity index (χ2v) is 2.67. The van der Waals surface area contributed by atoms with Crippen molar-refractivity contribution >= 4 is 24.0 Å². The molecule has 13 heavy (non-hydrogen) atoms. The summed E-state index contributed by atoms with van der Waals surface area (Å²) in [4.78, 5) is 20.4. The van der Waals surface area contributed by atoms with Gasteiger partial charge in [0.05, 0.1) is 13.2 Å². The molecule has 0 heterocycles. The third-order valence-corrected chi connectivity index (χ3v) is 1.33. The van der Waals surface area contributed by atoms with Gasteiger partial charge in [0.2, 0.25) is 0 Å². The minimum Gasteiger partial charge on any atom is -0.468 e. The lowest BCUT2D eigenvalue weighted by atomic mass is 10.3. The Morgan fingerprint density at radius 3 is 2.54 bits per heavy atom. The molecule has 0 aliphatic heterocycles. The van der Waals surface area contributed by atoms with Crippen LogP contribution in [0.2, 0.25) is 0 Å². The van der Waals surface area contributed by atoms with Crippen LogP contribution in [0.3, 0.4) is 0 Å². The van der Waals surface area contributed by atoms with E-state index in [9.17, 15) is 9.59 Å². The molecule has 0 aliphatic carbocycles. The van der Waals surface area contributed by atoms with Gasteiger partial charge in [0.1, 0.15) is 5.03 Å². The molecule has 0 aliphatic rings. The Bertz CT molecular complexity index is 191. The molecule has 0 aromatic rings. The molecule has 0 atom stereocenters. The van der Waals surface area contributed by atoms with E-state index in [0.29, 0.717) is 25.9 Å². The summed E-state index contributed by atoms with van der Waals surface area (Å²) in [6, 6.07) is 0. The molecule has 0 amide bonds. The van der Waals surface area contributed by atoms with Crippen LogP contribution in [0.5, 0.6) is 0 Å².